The summed E-state index contributed by atoms with van der Waals surface area (Å²) in [6.45, 7) is 0.0650. The number of aliphatic hydroxyl groups is 1. The van der Waals surface area contributed by atoms with Crippen molar-refractivity contribution in [3.63, 3.8) is 0 Å². The van der Waals surface area contributed by atoms with E-state index in [2.05, 4.69) is 0 Å². The molecule has 0 heterocycles. The van der Waals surface area contributed by atoms with Gasteiger partial charge in [-0.3, -0.25) is 0 Å². The molecule has 0 aliphatic heterocycles. The predicted molar refractivity (Wildman–Crippen MR) is 50.7 cm³/mol. The number of ether oxygens (including phenoxy) is 1. The minimum atomic E-state index is -0.819. The normalized spacial score (nSPS) is 18.3. The van der Waals surface area contributed by atoms with Gasteiger partial charge in [-0.05, 0) is 31.4 Å². The van der Waals surface area contributed by atoms with Gasteiger partial charge in [0, 0.05) is 6.07 Å². The van der Waals surface area contributed by atoms with Crippen LogP contribution < -0.4 is 4.74 Å². The molecule has 1 N–H and O–H groups in total. The van der Waals surface area contributed by atoms with E-state index in [1.165, 1.54) is 6.07 Å². The fraction of sp³-hybridized carbons (Fsp3) is 0.455. The zero-order chi connectivity index (χ0) is 10.9. The minimum absolute atomic E-state index is 0.0169. The SMILES string of the molecule is OC1(COc2ccc(F)cc2F)CCC1. The second-order valence-corrected chi connectivity index (χ2v) is 3.94. The van der Waals surface area contributed by atoms with E-state index >= 15 is 0 Å². The van der Waals surface area contributed by atoms with Crippen LogP contribution in [0.4, 0.5) is 8.78 Å². The van der Waals surface area contributed by atoms with Crippen molar-refractivity contribution in [1.29, 1.82) is 0 Å². The smallest absolute Gasteiger partial charge is 0.167 e. The molecule has 0 bridgehead atoms. The van der Waals surface area contributed by atoms with Crippen LogP contribution in [-0.4, -0.2) is 17.3 Å². The lowest BCUT2D eigenvalue weighted by atomic mass is 9.81. The van der Waals surface area contributed by atoms with E-state index in [0.717, 1.165) is 18.6 Å². The van der Waals surface area contributed by atoms with Gasteiger partial charge in [0.25, 0.3) is 0 Å². The molecular formula is C11H12F2O2. The molecule has 0 saturated heterocycles. The Morgan fingerprint density at radius 2 is 2.07 bits per heavy atom. The highest BCUT2D eigenvalue weighted by molar-refractivity contribution is 5.24. The van der Waals surface area contributed by atoms with Gasteiger partial charge in [-0.25, -0.2) is 8.78 Å². The summed E-state index contributed by atoms with van der Waals surface area (Å²) in [5, 5.41) is 9.70. The fourth-order valence-electron chi connectivity index (χ4n) is 1.53. The Labute approximate surface area is 86.5 Å². The Bertz CT molecular complexity index is 362. The third-order valence-electron chi connectivity index (χ3n) is 2.67. The van der Waals surface area contributed by atoms with Gasteiger partial charge in [-0.2, -0.15) is 0 Å². The summed E-state index contributed by atoms with van der Waals surface area (Å²) in [4.78, 5) is 0. The van der Waals surface area contributed by atoms with Crippen LogP contribution in [0.25, 0.3) is 0 Å². The maximum absolute atomic E-state index is 13.1. The summed E-state index contributed by atoms with van der Waals surface area (Å²) >= 11 is 0. The van der Waals surface area contributed by atoms with Crippen LogP contribution in [0.1, 0.15) is 19.3 Å². The second-order valence-electron chi connectivity index (χ2n) is 3.94. The van der Waals surface area contributed by atoms with Gasteiger partial charge in [0.15, 0.2) is 11.6 Å². The Kier molecular flexibility index (Phi) is 2.61. The van der Waals surface area contributed by atoms with Crippen molar-refractivity contribution in [2.24, 2.45) is 0 Å². The minimum Gasteiger partial charge on any atom is -0.488 e. The van der Waals surface area contributed by atoms with Crippen molar-refractivity contribution in [2.45, 2.75) is 24.9 Å². The molecule has 0 amide bonds. The van der Waals surface area contributed by atoms with Gasteiger partial charge in [0.05, 0.1) is 5.60 Å². The third kappa shape index (κ3) is 2.26. The van der Waals surface area contributed by atoms with Crippen LogP contribution in [0.5, 0.6) is 5.75 Å². The molecule has 0 aromatic heterocycles. The van der Waals surface area contributed by atoms with Crippen LogP contribution in [0.2, 0.25) is 0 Å². The highest BCUT2D eigenvalue weighted by Gasteiger charge is 2.35. The number of halogens is 2. The number of hydrogen-bond acceptors (Lipinski definition) is 2. The molecule has 82 valence electrons. The molecule has 1 fully saturated rings. The van der Waals surface area contributed by atoms with Crippen LogP contribution in [-0.2, 0) is 0 Å². The van der Waals surface area contributed by atoms with Gasteiger partial charge in [-0.15, -0.1) is 0 Å². The van der Waals surface area contributed by atoms with Crippen LogP contribution >= 0.6 is 0 Å². The first-order valence-electron chi connectivity index (χ1n) is 4.89. The molecule has 15 heavy (non-hydrogen) atoms. The van der Waals surface area contributed by atoms with Crippen molar-refractivity contribution in [2.75, 3.05) is 6.61 Å². The van der Waals surface area contributed by atoms with E-state index in [1.54, 1.807) is 0 Å². The van der Waals surface area contributed by atoms with Crippen molar-refractivity contribution in [3.8, 4) is 5.75 Å². The van der Waals surface area contributed by atoms with E-state index in [0.29, 0.717) is 12.8 Å². The van der Waals surface area contributed by atoms with Crippen LogP contribution in [0, 0.1) is 11.6 Å². The van der Waals surface area contributed by atoms with E-state index < -0.39 is 17.2 Å². The van der Waals surface area contributed by atoms with E-state index in [1.807, 2.05) is 0 Å². The molecule has 1 aromatic rings. The van der Waals surface area contributed by atoms with E-state index in [9.17, 15) is 13.9 Å². The summed E-state index contributed by atoms with van der Waals surface area (Å²) < 4.78 is 30.8. The quantitative estimate of drug-likeness (QED) is 0.836. The average Bonchev–Trinajstić information content (AvgIpc) is 2.14. The fourth-order valence-corrected chi connectivity index (χ4v) is 1.53. The first-order chi connectivity index (χ1) is 7.09. The maximum atomic E-state index is 13.1. The largest absolute Gasteiger partial charge is 0.488 e. The first-order valence-corrected chi connectivity index (χ1v) is 4.89. The van der Waals surface area contributed by atoms with Gasteiger partial charge >= 0.3 is 0 Å². The van der Waals surface area contributed by atoms with Crippen molar-refractivity contribution < 1.29 is 18.6 Å². The van der Waals surface area contributed by atoms with Crippen molar-refractivity contribution in [3.05, 3.63) is 29.8 Å². The standard InChI is InChI=1S/C11H12F2O2/c12-8-2-3-10(9(13)6-8)15-7-11(14)4-1-5-11/h2-3,6,14H,1,4-5,7H2. The van der Waals surface area contributed by atoms with E-state index in [4.69, 9.17) is 4.74 Å². The third-order valence-corrected chi connectivity index (χ3v) is 2.67. The Balaban J connectivity index is 1.98. The lowest BCUT2D eigenvalue weighted by Crippen LogP contribution is -2.42. The van der Waals surface area contributed by atoms with Crippen LogP contribution in [0.15, 0.2) is 18.2 Å². The molecule has 0 radical (unpaired) electrons. The molecule has 1 aliphatic rings. The topological polar surface area (TPSA) is 29.5 Å². The zero-order valence-corrected chi connectivity index (χ0v) is 8.17. The summed E-state index contributed by atoms with van der Waals surface area (Å²) in [5.41, 5.74) is -0.819. The summed E-state index contributed by atoms with van der Waals surface area (Å²) in [7, 11) is 0. The van der Waals surface area contributed by atoms with Gasteiger partial charge in [0.2, 0.25) is 0 Å². The average molecular weight is 214 g/mol. The summed E-state index contributed by atoms with van der Waals surface area (Å²) in [6.07, 6.45) is 2.32. The monoisotopic (exact) mass is 214 g/mol. The molecule has 1 aromatic carbocycles. The molecular weight excluding hydrogens is 202 g/mol. The highest BCUT2D eigenvalue weighted by Crippen LogP contribution is 2.32. The van der Waals surface area contributed by atoms with Crippen molar-refractivity contribution >= 4 is 0 Å². The lowest BCUT2D eigenvalue weighted by Gasteiger charge is -2.35. The number of rotatable bonds is 3. The molecule has 0 unspecified atom stereocenters. The lowest BCUT2D eigenvalue weighted by molar-refractivity contribution is -0.0670. The molecule has 1 saturated carbocycles. The summed E-state index contributed by atoms with van der Waals surface area (Å²) in [5.74, 6) is -1.39. The van der Waals surface area contributed by atoms with Gasteiger partial charge in [0.1, 0.15) is 12.4 Å². The van der Waals surface area contributed by atoms with E-state index in [-0.39, 0.29) is 12.4 Å². The van der Waals surface area contributed by atoms with Crippen LogP contribution in [0.3, 0.4) is 0 Å². The second kappa shape index (κ2) is 3.77. The predicted octanol–water partition coefficient (Wildman–Crippen LogP) is 2.26. The molecule has 2 nitrogen and oxygen atoms in total. The Morgan fingerprint density at radius 3 is 2.60 bits per heavy atom. The zero-order valence-electron chi connectivity index (χ0n) is 8.17. The summed E-state index contributed by atoms with van der Waals surface area (Å²) in [6, 6.07) is 3.12. The molecule has 0 atom stereocenters. The van der Waals surface area contributed by atoms with Gasteiger partial charge in [-0.1, -0.05) is 0 Å². The molecule has 4 heteroatoms. The van der Waals surface area contributed by atoms with Gasteiger partial charge < -0.3 is 9.84 Å². The molecule has 1 aliphatic carbocycles. The number of hydrogen-bond donors (Lipinski definition) is 1. The number of benzene rings is 1. The van der Waals surface area contributed by atoms with Crippen molar-refractivity contribution in [1.82, 2.24) is 0 Å². The molecule has 0 spiro atoms. The molecule has 2 rings (SSSR count). The highest BCUT2D eigenvalue weighted by atomic mass is 19.1. The first kappa shape index (κ1) is 10.4. The maximum Gasteiger partial charge on any atom is 0.167 e. The Hall–Kier alpha value is -1.16. The Morgan fingerprint density at radius 1 is 1.33 bits per heavy atom.